The minimum atomic E-state index is 0.375. The first-order valence-electron chi connectivity index (χ1n) is 9.71. The van der Waals surface area contributed by atoms with E-state index in [0.717, 1.165) is 17.8 Å². The van der Waals surface area contributed by atoms with Gasteiger partial charge >= 0.3 is 0 Å². The molecule has 21 heavy (non-hydrogen) atoms. The smallest absolute Gasteiger partial charge is 0.0655 e. The number of rotatable bonds is 7. The monoisotopic (exact) mass is 289 g/mol. The molecular weight excluding hydrogens is 254 g/mol. The second-order valence-electron chi connectivity index (χ2n) is 7.81. The summed E-state index contributed by atoms with van der Waals surface area (Å²) >= 11 is 0. The summed E-state index contributed by atoms with van der Waals surface area (Å²) in [5, 5.41) is 8.96. The summed E-state index contributed by atoms with van der Waals surface area (Å²) in [6, 6.07) is 2.46. The fourth-order valence-electron chi connectivity index (χ4n) is 4.54. The van der Waals surface area contributed by atoms with Gasteiger partial charge in [-0.2, -0.15) is 5.26 Å². The first-order valence-corrected chi connectivity index (χ1v) is 9.71. The van der Waals surface area contributed by atoms with E-state index in [2.05, 4.69) is 13.0 Å². The maximum Gasteiger partial charge on any atom is 0.0655 e. The summed E-state index contributed by atoms with van der Waals surface area (Å²) in [6.07, 6.45) is 19.7. The van der Waals surface area contributed by atoms with Gasteiger partial charge in [-0.05, 0) is 43.4 Å². The van der Waals surface area contributed by atoms with E-state index < -0.39 is 0 Å². The molecule has 0 bridgehead atoms. The molecule has 0 N–H and O–H groups in total. The van der Waals surface area contributed by atoms with Gasteiger partial charge in [0.1, 0.15) is 0 Å². The zero-order valence-electron chi connectivity index (χ0n) is 14.2. The average molecular weight is 290 g/mol. The largest absolute Gasteiger partial charge is 0.198 e. The topological polar surface area (TPSA) is 23.8 Å². The SMILES string of the molecule is CCCCC[C@H]1CC[C@H](CC[C@H]2CC[C@H](C#N)CC2)CC1. The normalized spacial score (nSPS) is 33.5. The molecular formula is C20H35N. The highest BCUT2D eigenvalue weighted by molar-refractivity contribution is 4.87. The lowest BCUT2D eigenvalue weighted by Crippen LogP contribution is -2.17. The molecule has 0 spiro atoms. The second-order valence-corrected chi connectivity index (χ2v) is 7.81. The Morgan fingerprint density at radius 3 is 1.67 bits per heavy atom. The zero-order chi connectivity index (χ0) is 14.9. The predicted molar refractivity (Wildman–Crippen MR) is 89.9 cm³/mol. The minimum Gasteiger partial charge on any atom is -0.198 e. The van der Waals surface area contributed by atoms with E-state index >= 15 is 0 Å². The van der Waals surface area contributed by atoms with Crippen molar-refractivity contribution in [1.29, 1.82) is 5.26 Å². The summed E-state index contributed by atoms with van der Waals surface area (Å²) < 4.78 is 0. The van der Waals surface area contributed by atoms with Crippen molar-refractivity contribution in [2.45, 2.75) is 96.8 Å². The first kappa shape index (κ1) is 16.9. The summed E-state index contributed by atoms with van der Waals surface area (Å²) in [5.74, 6) is 3.40. The standard InChI is InChI=1S/C20H35N/c1-2-3-4-5-17-6-8-18(9-7-17)10-11-19-12-14-20(16-21)15-13-19/h17-20H,2-15H2,1H3/t17-,18-,19-,20-. The molecule has 0 aromatic rings. The van der Waals surface area contributed by atoms with Gasteiger partial charge in [-0.25, -0.2) is 0 Å². The second kappa shape index (κ2) is 9.50. The van der Waals surface area contributed by atoms with Crippen molar-refractivity contribution in [3.8, 4) is 6.07 Å². The van der Waals surface area contributed by atoms with Crippen LogP contribution < -0.4 is 0 Å². The molecule has 0 amide bonds. The minimum absolute atomic E-state index is 0.375. The van der Waals surface area contributed by atoms with Crippen LogP contribution in [0, 0.1) is 35.0 Å². The van der Waals surface area contributed by atoms with Crippen molar-refractivity contribution in [3.63, 3.8) is 0 Å². The fourth-order valence-corrected chi connectivity index (χ4v) is 4.54. The van der Waals surface area contributed by atoms with Crippen molar-refractivity contribution in [1.82, 2.24) is 0 Å². The lowest BCUT2D eigenvalue weighted by molar-refractivity contribution is 0.220. The van der Waals surface area contributed by atoms with E-state index in [1.54, 1.807) is 0 Å². The average Bonchev–Trinajstić information content (AvgIpc) is 2.55. The van der Waals surface area contributed by atoms with Crippen LogP contribution in [0.5, 0.6) is 0 Å². The van der Waals surface area contributed by atoms with Crippen molar-refractivity contribution in [2.75, 3.05) is 0 Å². The van der Waals surface area contributed by atoms with Gasteiger partial charge in [-0.3, -0.25) is 0 Å². The van der Waals surface area contributed by atoms with Crippen LogP contribution in [-0.2, 0) is 0 Å². The molecule has 0 aromatic heterocycles. The van der Waals surface area contributed by atoms with Crippen LogP contribution in [0.3, 0.4) is 0 Å². The third-order valence-corrected chi connectivity index (χ3v) is 6.19. The van der Waals surface area contributed by atoms with Crippen molar-refractivity contribution in [3.05, 3.63) is 0 Å². The van der Waals surface area contributed by atoms with E-state index in [1.807, 2.05) is 0 Å². The lowest BCUT2D eigenvalue weighted by atomic mass is 9.75. The molecule has 0 heterocycles. The van der Waals surface area contributed by atoms with Crippen LogP contribution in [-0.4, -0.2) is 0 Å². The molecule has 0 radical (unpaired) electrons. The Kier molecular flexibility index (Phi) is 7.62. The van der Waals surface area contributed by atoms with Crippen molar-refractivity contribution >= 4 is 0 Å². The van der Waals surface area contributed by atoms with E-state index in [4.69, 9.17) is 5.26 Å². The Labute approximate surface area is 132 Å². The molecule has 0 aromatic carbocycles. The van der Waals surface area contributed by atoms with Gasteiger partial charge < -0.3 is 0 Å². The Bertz CT molecular complexity index is 300. The summed E-state index contributed by atoms with van der Waals surface area (Å²) in [6.45, 7) is 2.31. The van der Waals surface area contributed by atoms with Crippen LogP contribution >= 0.6 is 0 Å². The molecule has 1 heteroatoms. The number of nitrogens with zero attached hydrogens (tertiary/aromatic N) is 1. The van der Waals surface area contributed by atoms with Crippen LogP contribution in [0.1, 0.15) is 96.8 Å². The number of hydrogen-bond donors (Lipinski definition) is 0. The van der Waals surface area contributed by atoms with Gasteiger partial charge in [0.25, 0.3) is 0 Å². The molecule has 0 saturated heterocycles. The van der Waals surface area contributed by atoms with Crippen LogP contribution in [0.2, 0.25) is 0 Å². The molecule has 2 fully saturated rings. The molecule has 120 valence electrons. The van der Waals surface area contributed by atoms with E-state index in [-0.39, 0.29) is 0 Å². The van der Waals surface area contributed by atoms with Gasteiger partial charge in [0, 0.05) is 5.92 Å². The van der Waals surface area contributed by atoms with Gasteiger partial charge in [-0.1, -0.05) is 71.1 Å². The molecule has 2 aliphatic carbocycles. The lowest BCUT2D eigenvalue weighted by Gasteiger charge is -2.31. The molecule has 0 unspecified atom stereocenters. The molecule has 2 rings (SSSR count). The summed E-state index contributed by atoms with van der Waals surface area (Å²) in [7, 11) is 0. The zero-order valence-corrected chi connectivity index (χ0v) is 14.2. The van der Waals surface area contributed by atoms with Gasteiger partial charge in [0.05, 0.1) is 6.07 Å². The Balaban J connectivity index is 1.54. The van der Waals surface area contributed by atoms with Gasteiger partial charge in [-0.15, -0.1) is 0 Å². The van der Waals surface area contributed by atoms with E-state index in [1.165, 1.54) is 89.9 Å². The molecule has 2 aliphatic rings. The van der Waals surface area contributed by atoms with Gasteiger partial charge in [0.2, 0.25) is 0 Å². The fraction of sp³-hybridized carbons (Fsp3) is 0.950. The van der Waals surface area contributed by atoms with E-state index in [0.29, 0.717) is 5.92 Å². The highest BCUT2D eigenvalue weighted by Crippen LogP contribution is 2.37. The Morgan fingerprint density at radius 2 is 1.19 bits per heavy atom. The highest BCUT2D eigenvalue weighted by atomic mass is 14.3. The predicted octanol–water partition coefficient (Wildman–Crippen LogP) is 6.48. The summed E-state index contributed by atoms with van der Waals surface area (Å²) in [5.41, 5.74) is 0. The number of nitriles is 1. The maximum atomic E-state index is 8.96. The van der Waals surface area contributed by atoms with E-state index in [9.17, 15) is 0 Å². The van der Waals surface area contributed by atoms with Crippen LogP contribution in [0.4, 0.5) is 0 Å². The highest BCUT2D eigenvalue weighted by Gasteiger charge is 2.24. The maximum absolute atomic E-state index is 8.96. The molecule has 1 nitrogen and oxygen atoms in total. The Morgan fingerprint density at radius 1 is 0.714 bits per heavy atom. The molecule has 0 atom stereocenters. The summed E-state index contributed by atoms with van der Waals surface area (Å²) in [4.78, 5) is 0. The first-order chi connectivity index (χ1) is 10.3. The van der Waals surface area contributed by atoms with Crippen LogP contribution in [0.15, 0.2) is 0 Å². The number of hydrogen-bond acceptors (Lipinski definition) is 1. The molecule has 0 aliphatic heterocycles. The Hall–Kier alpha value is -0.510. The van der Waals surface area contributed by atoms with Crippen molar-refractivity contribution in [2.24, 2.45) is 23.7 Å². The number of unbranched alkanes of at least 4 members (excludes halogenated alkanes) is 2. The third kappa shape index (κ3) is 6.01. The molecule has 2 saturated carbocycles. The van der Waals surface area contributed by atoms with Crippen molar-refractivity contribution < 1.29 is 0 Å². The quantitative estimate of drug-likeness (QED) is 0.492. The van der Waals surface area contributed by atoms with Crippen LogP contribution in [0.25, 0.3) is 0 Å². The van der Waals surface area contributed by atoms with Gasteiger partial charge in [0.15, 0.2) is 0 Å². The third-order valence-electron chi connectivity index (χ3n) is 6.19.